The summed E-state index contributed by atoms with van der Waals surface area (Å²) in [7, 11) is 3.47. The quantitative estimate of drug-likeness (QED) is 0.772. The third-order valence-corrected chi connectivity index (χ3v) is 5.11. The number of aromatic nitrogens is 3. The van der Waals surface area contributed by atoms with Crippen LogP contribution in [0.15, 0.2) is 42.5 Å². The smallest absolute Gasteiger partial charge is 0.321 e. The molecule has 27 heavy (non-hydrogen) atoms. The second-order valence-electron chi connectivity index (χ2n) is 6.80. The predicted octanol–water partition coefficient (Wildman–Crippen LogP) is 3.39. The third kappa shape index (κ3) is 3.45. The van der Waals surface area contributed by atoms with Crippen LogP contribution in [0.3, 0.4) is 0 Å². The van der Waals surface area contributed by atoms with Crippen LogP contribution in [0.25, 0.3) is 11.0 Å². The van der Waals surface area contributed by atoms with Crippen molar-refractivity contribution in [2.75, 3.05) is 25.5 Å². The van der Waals surface area contributed by atoms with Gasteiger partial charge in [0.25, 0.3) is 0 Å². The number of carbonyl (C=O) groups is 1. The number of nitrogens with zero attached hydrogens (tertiary/aromatic N) is 4. The van der Waals surface area contributed by atoms with Gasteiger partial charge in [-0.05, 0) is 42.5 Å². The molecule has 2 aromatic carbocycles. The van der Waals surface area contributed by atoms with Crippen molar-refractivity contribution in [1.29, 1.82) is 0 Å². The van der Waals surface area contributed by atoms with Crippen molar-refractivity contribution in [3.63, 3.8) is 0 Å². The lowest BCUT2D eigenvalue weighted by atomic mass is 9.89. The first-order chi connectivity index (χ1) is 13.2. The van der Waals surface area contributed by atoms with Crippen LogP contribution in [0.4, 0.5) is 10.5 Å². The summed E-state index contributed by atoms with van der Waals surface area (Å²) in [6.07, 6.45) is 1.84. The van der Waals surface area contributed by atoms with Crippen molar-refractivity contribution < 1.29 is 9.53 Å². The molecule has 1 saturated heterocycles. The van der Waals surface area contributed by atoms with Crippen LogP contribution in [0.2, 0.25) is 0 Å². The highest BCUT2D eigenvalue weighted by molar-refractivity contribution is 5.98. The number of carbonyl (C=O) groups excluding carboxylic acids is 1. The fourth-order valence-electron chi connectivity index (χ4n) is 3.73. The predicted molar refractivity (Wildman–Crippen MR) is 104 cm³/mol. The summed E-state index contributed by atoms with van der Waals surface area (Å²) in [6, 6.07) is 13.7. The molecular weight excluding hydrogens is 342 g/mol. The van der Waals surface area contributed by atoms with Crippen LogP contribution in [0, 0.1) is 0 Å². The summed E-state index contributed by atoms with van der Waals surface area (Å²) in [5.74, 6) is 1.34. The minimum absolute atomic E-state index is 0.0911. The zero-order valence-corrected chi connectivity index (χ0v) is 15.6. The highest BCUT2D eigenvalue weighted by Gasteiger charge is 2.26. The van der Waals surface area contributed by atoms with E-state index in [0.29, 0.717) is 30.2 Å². The van der Waals surface area contributed by atoms with E-state index >= 15 is 0 Å². The fourth-order valence-corrected chi connectivity index (χ4v) is 3.73. The Labute approximate surface area is 157 Å². The lowest BCUT2D eigenvalue weighted by molar-refractivity contribution is 0.194. The van der Waals surface area contributed by atoms with Crippen LogP contribution in [0.5, 0.6) is 5.75 Å². The van der Waals surface area contributed by atoms with Crippen molar-refractivity contribution in [3.8, 4) is 5.75 Å². The Bertz CT molecular complexity index is 960. The molecule has 0 radical (unpaired) electrons. The van der Waals surface area contributed by atoms with Gasteiger partial charge in [-0.15, -0.1) is 0 Å². The number of rotatable bonds is 3. The van der Waals surface area contributed by atoms with E-state index in [1.54, 1.807) is 14.2 Å². The SMILES string of the molecule is COc1ccccc1C1CCN(C(=O)Nc2cccc3nn(C)nc23)CC1. The number of para-hydroxylation sites is 1. The highest BCUT2D eigenvalue weighted by Crippen LogP contribution is 2.34. The van der Waals surface area contributed by atoms with Gasteiger partial charge in [0.1, 0.15) is 16.8 Å². The molecule has 1 aliphatic heterocycles. The standard InChI is InChI=1S/C20H23N5O2/c1-24-22-17-8-5-7-16(19(17)23-24)21-20(26)25-12-10-14(11-13-25)15-6-3-4-9-18(15)27-2/h3-9,14H,10-13H2,1-2H3,(H,21,26). The van der Waals surface area contributed by atoms with E-state index in [4.69, 9.17) is 4.74 Å². The number of methoxy groups -OCH3 is 1. The molecule has 0 bridgehead atoms. The lowest BCUT2D eigenvalue weighted by Gasteiger charge is -2.32. The van der Waals surface area contributed by atoms with Crippen LogP contribution >= 0.6 is 0 Å². The Kier molecular flexibility index (Phi) is 4.66. The van der Waals surface area contributed by atoms with E-state index in [2.05, 4.69) is 21.6 Å². The van der Waals surface area contributed by atoms with Crippen molar-refractivity contribution in [3.05, 3.63) is 48.0 Å². The van der Waals surface area contributed by atoms with Crippen molar-refractivity contribution in [2.45, 2.75) is 18.8 Å². The van der Waals surface area contributed by atoms with E-state index in [9.17, 15) is 4.79 Å². The average Bonchev–Trinajstić information content (AvgIpc) is 3.09. The zero-order valence-electron chi connectivity index (χ0n) is 15.6. The van der Waals surface area contributed by atoms with E-state index in [0.717, 1.165) is 24.1 Å². The van der Waals surface area contributed by atoms with Gasteiger partial charge in [-0.25, -0.2) is 4.79 Å². The molecule has 140 valence electrons. The summed E-state index contributed by atoms with van der Waals surface area (Å²) in [4.78, 5) is 16.1. The number of urea groups is 1. The first-order valence-electron chi connectivity index (χ1n) is 9.14. The molecule has 1 fully saturated rings. The topological polar surface area (TPSA) is 72.3 Å². The van der Waals surface area contributed by atoms with Gasteiger partial charge in [-0.1, -0.05) is 24.3 Å². The largest absolute Gasteiger partial charge is 0.496 e. The Hall–Kier alpha value is -3.09. The van der Waals surface area contributed by atoms with Gasteiger partial charge >= 0.3 is 6.03 Å². The number of likely N-dealkylation sites (tertiary alicyclic amines) is 1. The number of aryl methyl sites for hydroxylation is 1. The number of ether oxygens (including phenoxy) is 1. The van der Waals surface area contributed by atoms with Gasteiger partial charge < -0.3 is 15.0 Å². The Morgan fingerprint density at radius 2 is 1.89 bits per heavy atom. The van der Waals surface area contributed by atoms with Crippen LogP contribution in [-0.2, 0) is 7.05 Å². The van der Waals surface area contributed by atoms with E-state index < -0.39 is 0 Å². The molecule has 0 atom stereocenters. The first-order valence-corrected chi connectivity index (χ1v) is 9.14. The highest BCUT2D eigenvalue weighted by atomic mass is 16.5. The summed E-state index contributed by atoms with van der Waals surface area (Å²) >= 11 is 0. The number of hydrogen-bond acceptors (Lipinski definition) is 4. The van der Waals surface area contributed by atoms with Gasteiger partial charge in [-0.2, -0.15) is 15.0 Å². The van der Waals surface area contributed by atoms with E-state index in [1.807, 2.05) is 41.3 Å². The van der Waals surface area contributed by atoms with Crippen molar-refractivity contribution in [2.24, 2.45) is 7.05 Å². The maximum Gasteiger partial charge on any atom is 0.321 e. The number of fused-ring (bicyclic) bond motifs is 1. The van der Waals surface area contributed by atoms with E-state index in [-0.39, 0.29) is 6.03 Å². The molecular formula is C20H23N5O2. The molecule has 4 rings (SSSR count). The molecule has 2 heterocycles. The van der Waals surface area contributed by atoms with Crippen molar-refractivity contribution in [1.82, 2.24) is 19.9 Å². The lowest BCUT2D eigenvalue weighted by Crippen LogP contribution is -2.40. The van der Waals surface area contributed by atoms with Gasteiger partial charge in [-0.3, -0.25) is 0 Å². The van der Waals surface area contributed by atoms with Crippen LogP contribution < -0.4 is 10.1 Å². The number of nitrogens with one attached hydrogen (secondary N) is 1. The molecule has 7 nitrogen and oxygen atoms in total. The Balaban J connectivity index is 1.43. The minimum Gasteiger partial charge on any atom is -0.496 e. The van der Waals surface area contributed by atoms with Gasteiger partial charge in [0, 0.05) is 20.1 Å². The number of anilines is 1. The van der Waals surface area contributed by atoms with Gasteiger partial charge in [0.05, 0.1) is 12.8 Å². The number of hydrogen-bond donors (Lipinski definition) is 1. The number of benzene rings is 2. The Morgan fingerprint density at radius 3 is 2.67 bits per heavy atom. The number of amides is 2. The molecule has 7 heteroatoms. The molecule has 1 aliphatic rings. The molecule has 0 saturated carbocycles. The zero-order chi connectivity index (χ0) is 18.8. The monoisotopic (exact) mass is 365 g/mol. The minimum atomic E-state index is -0.0911. The third-order valence-electron chi connectivity index (χ3n) is 5.11. The molecule has 0 spiro atoms. The van der Waals surface area contributed by atoms with Gasteiger partial charge in [0.2, 0.25) is 0 Å². The maximum absolute atomic E-state index is 12.7. The van der Waals surface area contributed by atoms with Crippen molar-refractivity contribution >= 4 is 22.8 Å². The molecule has 3 aromatic rings. The molecule has 0 aliphatic carbocycles. The molecule has 0 unspecified atom stereocenters. The normalized spacial score (nSPS) is 15.1. The fraction of sp³-hybridized carbons (Fsp3) is 0.350. The average molecular weight is 365 g/mol. The van der Waals surface area contributed by atoms with Crippen LogP contribution in [0.1, 0.15) is 24.3 Å². The Morgan fingerprint density at radius 1 is 1.11 bits per heavy atom. The van der Waals surface area contributed by atoms with E-state index in [1.165, 1.54) is 10.4 Å². The summed E-state index contributed by atoms with van der Waals surface area (Å²) in [5.41, 5.74) is 3.39. The molecule has 1 N–H and O–H groups in total. The summed E-state index contributed by atoms with van der Waals surface area (Å²) < 4.78 is 5.49. The summed E-state index contributed by atoms with van der Waals surface area (Å²) in [5, 5.41) is 11.6. The second kappa shape index (κ2) is 7.26. The maximum atomic E-state index is 12.7. The first kappa shape index (κ1) is 17.3. The number of piperidine rings is 1. The van der Waals surface area contributed by atoms with Crippen LogP contribution in [-0.4, -0.2) is 46.1 Å². The molecule has 1 aromatic heterocycles. The second-order valence-corrected chi connectivity index (χ2v) is 6.80. The molecule has 2 amide bonds. The van der Waals surface area contributed by atoms with Gasteiger partial charge in [0.15, 0.2) is 0 Å². The summed E-state index contributed by atoms with van der Waals surface area (Å²) in [6.45, 7) is 1.43.